The van der Waals surface area contributed by atoms with Gasteiger partial charge in [-0.3, -0.25) is 18.7 Å². The summed E-state index contributed by atoms with van der Waals surface area (Å²) < 4.78 is 79.1. The number of rotatable bonds is 12. The van der Waals surface area contributed by atoms with Crippen molar-refractivity contribution in [2.45, 2.75) is 32.4 Å². The van der Waals surface area contributed by atoms with E-state index in [9.17, 15) is 35.5 Å². The Balaban J connectivity index is 0.00000292. The molecule has 2 aromatic heterocycles. The summed E-state index contributed by atoms with van der Waals surface area (Å²) in [7, 11) is -10.1. The molecule has 0 bridgehead atoms. The quantitative estimate of drug-likeness (QED) is 0.0578. The van der Waals surface area contributed by atoms with Crippen LogP contribution in [0.25, 0.3) is 44.6 Å². The number of fused-ring (bicyclic) bond motifs is 2. The average molecular weight is 749 g/mol. The van der Waals surface area contributed by atoms with Crippen molar-refractivity contribution in [3.05, 3.63) is 118 Å². The van der Waals surface area contributed by atoms with Crippen molar-refractivity contribution in [3.63, 3.8) is 0 Å². The molecular weight excluding hydrogens is 722 g/mol. The summed E-state index contributed by atoms with van der Waals surface area (Å²) in [5.41, 5.74) is 0.946. The van der Waals surface area contributed by atoms with Gasteiger partial charge in [0.2, 0.25) is 0 Å². The molecule has 0 aliphatic heterocycles. The van der Waals surface area contributed by atoms with Gasteiger partial charge in [0, 0.05) is 24.2 Å². The standard InChI is InChI=1S/C33H28N4O10S2.2Na/c38-32-26-14-2-4-16-28(26)34-30(22-10-8-12-24(20-22)46-48(40,41)42)36(32)18-6-1-7-19-37-31(35-29-17-5-3-15-27(29)33(37)39)23-11-9-13-25(21-23)47-49(43,44)45;;/h2-5,8-17,20-21H,1,6-7,18-19H2,(H,40,41,42)(H,43,44,45);;/q;2*+1/p-2. The molecular formula is C33H26N4Na2O10S2. The molecule has 0 aliphatic rings. The van der Waals surface area contributed by atoms with Gasteiger partial charge < -0.3 is 17.5 Å². The summed E-state index contributed by atoms with van der Waals surface area (Å²) in [6, 6.07) is 25.0. The molecule has 252 valence electrons. The fourth-order valence-corrected chi connectivity index (χ4v) is 6.20. The minimum absolute atomic E-state index is 0. The van der Waals surface area contributed by atoms with E-state index in [1.54, 1.807) is 60.7 Å². The molecule has 0 fully saturated rings. The van der Waals surface area contributed by atoms with Crippen LogP contribution in [0.15, 0.2) is 107 Å². The Morgan fingerprint density at radius 2 is 0.941 bits per heavy atom. The Morgan fingerprint density at radius 1 is 0.549 bits per heavy atom. The van der Waals surface area contributed by atoms with E-state index in [0.29, 0.717) is 52.2 Å². The van der Waals surface area contributed by atoms with Gasteiger partial charge in [0.1, 0.15) is 23.1 Å². The zero-order valence-corrected chi connectivity index (χ0v) is 33.1. The molecule has 6 aromatic rings. The van der Waals surface area contributed by atoms with Gasteiger partial charge in [0.15, 0.2) is 0 Å². The molecule has 6 rings (SSSR count). The molecule has 18 heteroatoms. The van der Waals surface area contributed by atoms with Crippen molar-refractivity contribution < 1.29 is 93.4 Å². The summed E-state index contributed by atoms with van der Waals surface area (Å²) in [6.45, 7) is 0.440. The van der Waals surface area contributed by atoms with Crippen molar-refractivity contribution in [2.24, 2.45) is 0 Å². The Morgan fingerprint density at radius 3 is 1.33 bits per heavy atom. The van der Waals surface area contributed by atoms with Gasteiger partial charge in [-0.15, -0.1) is 0 Å². The summed E-state index contributed by atoms with van der Waals surface area (Å²) in [5, 5.41) is 0.769. The molecule has 0 radical (unpaired) electrons. The normalized spacial score (nSPS) is 11.5. The second-order valence-electron chi connectivity index (χ2n) is 10.9. The van der Waals surface area contributed by atoms with E-state index < -0.39 is 20.8 Å². The average Bonchev–Trinajstić information content (AvgIpc) is 3.05. The van der Waals surface area contributed by atoms with Crippen LogP contribution in [0.1, 0.15) is 19.3 Å². The molecule has 2 heterocycles. The van der Waals surface area contributed by atoms with Gasteiger partial charge in [0.25, 0.3) is 31.9 Å². The SMILES string of the molecule is O=c1c2ccccc2nc(-c2cccc(OS(=O)(=O)[O-])c2)n1CCCCCn1c(-c2cccc(OS(=O)(=O)[O-])c2)nc2ccccc2c1=O.[Na+].[Na+]. The van der Waals surface area contributed by atoms with Crippen LogP contribution in [0.4, 0.5) is 0 Å². The van der Waals surface area contributed by atoms with Gasteiger partial charge in [-0.1, -0.05) is 48.5 Å². The van der Waals surface area contributed by atoms with Crippen molar-refractivity contribution in [1.82, 2.24) is 19.1 Å². The third kappa shape index (κ3) is 9.92. The van der Waals surface area contributed by atoms with E-state index in [-0.39, 0.29) is 106 Å². The second-order valence-corrected chi connectivity index (χ2v) is 12.9. The Bertz CT molecular complexity index is 2390. The van der Waals surface area contributed by atoms with Crippen molar-refractivity contribution in [1.29, 1.82) is 0 Å². The van der Waals surface area contributed by atoms with Crippen LogP contribution in [0.5, 0.6) is 11.5 Å². The number of para-hydroxylation sites is 2. The zero-order valence-electron chi connectivity index (χ0n) is 27.5. The Hall–Kier alpha value is -3.42. The minimum Gasteiger partial charge on any atom is -0.716 e. The van der Waals surface area contributed by atoms with E-state index in [0.717, 1.165) is 0 Å². The molecule has 0 saturated carbocycles. The maximum absolute atomic E-state index is 13.6. The summed E-state index contributed by atoms with van der Waals surface area (Å²) in [6.07, 6.45) is 1.51. The van der Waals surface area contributed by atoms with Crippen molar-refractivity contribution in [3.8, 4) is 34.3 Å². The summed E-state index contributed by atoms with van der Waals surface area (Å²) in [5.74, 6) is 0.0469. The van der Waals surface area contributed by atoms with Gasteiger partial charge >= 0.3 is 59.1 Å². The van der Waals surface area contributed by atoms with E-state index in [4.69, 9.17) is 0 Å². The smallest absolute Gasteiger partial charge is 0.716 e. The Labute approximate surface area is 336 Å². The summed E-state index contributed by atoms with van der Waals surface area (Å²) in [4.78, 5) is 36.6. The topological polar surface area (TPSA) is 203 Å². The van der Waals surface area contributed by atoms with Crippen LogP contribution in [-0.2, 0) is 33.9 Å². The molecule has 0 saturated heterocycles. The van der Waals surface area contributed by atoms with Crippen LogP contribution in [-0.4, -0.2) is 45.0 Å². The predicted molar refractivity (Wildman–Crippen MR) is 177 cm³/mol. The van der Waals surface area contributed by atoms with Gasteiger partial charge in [0.05, 0.1) is 21.8 Å². The molecule has 0 spiro atoms. The number of benzene rings is 4. The second kappa shape index (κ2) is 16.9. The fraction of sp³-hybridized carbons (Fsp3) is 0.152. The number of unbranched alkanes of at least 4 members (excludes halogenated alkanes) is 2. The number of nitrogens with zero attached hydrogens (tertiary/aromatic N) is 4. The number of hydrogen-bond donors (Lipinski definition) is 0. The van der Waals surface area contributed by atoms with Crippen LogP contribution in [0, 0.1) is 0 Å². The molecule has 0 N–H and O–H groups in total. The summed E-state index contributed by atoms with van der Waals surface area (Å²) >= 11 is 0. The first kappa shape index (κ1) is 40.4. The third-order valence-corrected chi connectivity index (χ3v) is 8.36. The van der Waals surface area contributed by atoms with Crippen molar-refractivity contribution >= 4 is 42.6 Å². The molecule has 0 atom stereocenters. The maximum Gasteiger partial charge on any atom is 1.00 e. The molecule has 0 amide bonds. The first-order chi connectivity index (χ1) is 23.4. The molecule has 4 aromatic carbocycles. The molecule has 0 unspecified atom stereocenters. The van der Waals surface area contributed by atoms with Crippen LogP contribution in [0.3, 0.4) is 0 Å². The Kier molecular flexibility index (Phi) is 13.4. The molecule has 0 aliphatic carbocycles. The third-order valence-electron chi connectivity index (χ3n) is 7.57. The van der Waals surface area contributed by atoms with E-state index >= 15 is 0 Å². The van der Waals surface area contributed by atoms with Gasteiger partial charge in [-0.2, -0.15) is 0 Å². The van der Waals surface area contributed by atoms with Crippen molar-refractivity contribution in [2.75, 3.05) is 0 Å². The monoisotopic (exact) mass is 748 g/mol. The largest absolute Gasteiger partial charge is 1.00 e. The predicted octanol–water partition coefficient (Wildman–Crippen LogP) is -2.00. The minimum atomic E-state index is -5.03. The van der Waals surface area contributed by atoms with E-state index in [1.807, 2.05) is 0 Å². The van der Waals surface area contributed by atoms with Gasteiger partial charge in [-0.25, -0.2) is 26.8 Å². The van der Waals surface area contributed by atoms with Crippen LogP contribution in [0.2, 0.25) is 0 Å². The molecule has 14 nitrogen and oxygen atoms in total. The van der Waals surface area contributed by atoms with E-state index in [1.165, 1.54) is 45.5 Å². The van der Waals surface area contributed by atoms with Crippen LogP contribution >= 0.6 is 0 Å². The first-order valence-electron chi connectivity index (χ1n) is 14.9. The fourth-order valence-electron chi connectivity index (χ4n) is 5.52. The number of aromatic nitrogens is 4. The zero-order chi connectivity index (χ0) is 34.8. The first-order valence-corrected chi connectivity index (χ1v) is 17.5. The maximum atomic E-state index is 13.6. The van der Waals surface area contributed by atoms with Gasteiger partial charge in [-0.05, 0) is 67.8 Å². The number of hydrogen-bond acceptors (Lipinski definition) is 12. The molecule has 51 heavy (non-hydrogen) atoms. The van der Waals surface area contributed by atoms with Crippen LogP contribution < -0.4 is 78.6 Å². The van der Waals surface area contributed by atoms with E-state index in [2.05, 4.69) is 18.3 Å².